The molecule has 1 aromatic carbocycles. The molecule has 2 N–H and O–H groups in total. The van der Waals surface area contributed by atoms with Gasteiger partial charge in [-0.25, -0.2) is 23.1 Å². The van der Waals surface area contributed by atoms with E-state index in [0.717, 1.165) is 43.2 Å². The van der Waals surface area contributed by atoms with Crippen LogP contribution in [0, 0.1) is 6.92 Å². The van der Waals surface area contributed by atoms with Crippen LogP contribution < -0.4 is 14.9 Å². The van der Waals surface area contributed by atoms with Gasteiger partial charge in [-0.05, 0) is 31.2 Å². The van der Waals surface area contributed by atoms with Crippen LogP contribution in [0.4, 0.5) is 24.8 Å². The zero-order valence-electron chi connectivity index (χ0n) is 16.2. The van der Waals surface area contributed by atoms with Gasteiger partial charge in [0.25, 0.3) is 0 Å². The first-order valence-electron chi connectivity index (χ1n) is 9.24. The van der Waals surface area contributed by atoms with Gasteiger partial charge in [-0.15, -0.1) is 0 Å². The highest BCUT2D eigenvalue weighted by molar-refractivity contribution is 7.89. The Bertz CT molecular complexity index is 962. The number of nitrogens with zero attached hydrogens (tertiary/aromatic N) is 3. The minimum atomic E-state index is -4.52. The van der Waals surface area contributed by atoms with Crippen LogP contribution in [0.15, 0.2) is 35.2 Å². The lowest BCUT2D eigenvalue weighted by atomic mass is 10.2. The van der Waals surface area contributed by atoms with Crippen molar-refractivity contribution in [3.8, 4) is 0 Å². The molecule has 0 radical (unpaired) electrons. The average molecular weight is 445 g/mol. The molecular formula is C18H22F3N5O3S. The topological polar surface area (TPSA) is 96.5 Å². The first-order valence-corrected chi connectivity index (χ1v) is 10.7. The summed E-state index contributed by atoms with van der Waals surface area (Å²) >= 11 is 0. The van der Waals surface area contributed by atoms with Crippen molar-refractivity contribution in [1.82, 2.24) is 14.7 Å². The maximum atomic E-state index is 12.6. The summed E-state index contributed by atoms with van der Waals surface area (Å²) in [4.78, 5) is 10.6. The summed E-state index contributed by atoms with van der Waals surface area (Å²) in [5, 5.41) is 3.03. The molecule has 1 fully saturated rings. The predicted octanol–water partition coefficient (Wildman–Crippen LogP) is 2.03. The van der Waals surface area contributed by atoms with Crippen molar-refractivity contribution >= 4 is 21.7 Å². The number of halogens is 3. The molecule has 1 aromatic heterocycles. The Balaban J connectivity index is 1.55. The molecule has 8 nitrogen and oxygen atoms in total. The first-order chi connectivity index (χ1) is 14.1. The van der Waals surface area contributed by atoms with E-state index in [1.54, 1.807) is 13.0 Å². The number of aryl methyl sites for hydroxylation is 1. The van der Waals surface area contributed by atoms with Crippen LogP contribution in [-0.4, -0.2) is 57.8 Å². The number of ether oxygens (including phenoxy) is 1. The Hall–Kier alpha value is -2.44. The van der Waals surface area contributed by atoms with Crippen molar-refractivity contribution in [1.29, 1.82) is 0 Å². The van der Waals surface area contributed by atoms with Gasteiger partial charge in [-0.3, -0.25) is 0 Å². The summed E-state index contributed by atoms with van der Waals surface area (Å²) in [5.74, 6) is 1.89. The molecule has 0 saturated carbocycles. The van der Waals surface area contributed by atoms with Crippen LogP contribution in [0.25, 0.3) is 0 Å². The summed E-state index contributed by atoms with van der Waals surface area (Å²) < 4.78 is 70.0. The fourth-order valence-corrected chi connectivity index (χ4v) is 3.91. The number of nitrogens with one attached hydrogen (secondary N) is 2. The van der Waals surface area contributed by atoms with Crippen molar-refractivity contribution in [2.24, 2.45) is 0 Å². The smallest absolute Gasteiger partial charge is 0.378 e. The number of hydrogen-bond donors (Lipinski definition) is 2. The summed E-state index contributed by atoms with van der Waals surface area (Å²) in [6, 6.07) is 5.12. The highest BCUT2D eigenvalue weighted by atomic mass is 32.2. The van der Waals surface area contributed by atoms with E-state index in [1.807, 2.05) is 0 Å². The Labute approximate surface area is 172 Å². The minimum absolute atomic E-state index is 0.0271. The van der Waals surface area contributed by atoms with Crippen LogP contribution in [-0.2, 0) is 20.9 Å². The zero-order chi connectivity index (χ0) is 21.8. The van der Waals surface area contributed by atoms with Gasteiger partial charge in [0.15, 0.2) is 0 Å². The third kappa shape index (κ3) is 5.80. The van der Waals surface area contributed by atoms with Gasteiger partial charge in [0.05, 0.1) is 23.7 Å². The predicted molar refractivity (Wildman–Crippen MR) is 105 cm³/mol. The maximum Gasteiger partial charge on any atom is 0.416 e. The number of anilines is 2. The number of alkyl halides is 3. The van der Waals surface area contributed by atoms with Gasteiger partial charge in [-0.2, -0.15) is 13.2 Å². The Morgan fingerprint density at radius 1 is 1.10 bits per heavy atom. The van der Waals surface area contributed by atoms with Gasteiger partial charge < -0.3 is 15.0 Å². The van der Waals surface area contributed by atoms with Crippen LogP contribution in [0.5, 0.6) is 0 Å². The summed E-state index contributed by atoms with van der Waals surface area (Å²) in [6.45, 7) is 4.72. The number of aromatic nitrogens is 2. The normalized spacial score (nSPS) is 15.3. The van der Waals surface area contributed by atoms with E-state index < -0.39 is 21.8 Å². The van der Waals surface area contributed by atoms with E-state index in [4.69, 9.17) is 4.74 Å². The molecule has 0 bridgehead atoms. The van der Waals surface area contributed by atoms with Crippen molar-refractivity contribution in [2.45, 2.75) is 18.0 Å². The number of sulfonamides is 1. The van der Waals surface area contributed by atoms with E-state index >= 15 is 0 Å². The minimum Gasteiger partial charge on any atom is -0.378 e. The van der Waals surface area contributed by atoms with Crippen molar-refractivity contribution in [2.75, 3.05) is 49.6 Å². The molecule has 1 aliphatic rings. The SMILES string of the molecule is Cc1nc(NCCNS(=O)(=O)c2ccc(C(F)(F)F)cc2)cc(N2CCOCC2)n1. The van der Waals surface area contributed by atoms with Gasteiger partial charge in [0.2, 0.25) is 10.0 Å². The van der Waals surface area contributed by atoms with Crippen LogP contribution in [0.3, 0.4) is 0 Å². The van der Waals surface area contributed by atoms with Crippen molar-refractivity contribution < 1.29 is 26.3 Å². The molecule has 0 atom stereocenters. The van der Waals surface area contributed by atoms with Gasteiger partial charge in [-0.1, -0.05) is 0 Å². The number of rotatable bonds is 7. The molecule has 164 valence electrons. The van der Waals surface area contributed by atoms with Crippen LogP contribution >= 0.6 is 0 Å². The lowest BCUT2D eigenvalue weighted by Crippen LogP contribution is -2.37. The molecule has 0 spiro atoms. The van der Waals surface area contributed by atoms with Gasteiger partial charge in [0.1, 0.15) is 17.5 Å². The van der Waals surface area contributed by atoms with Gasteiger partial charge in [0, 0.05) is 32.2 Å². The Morgan fingerprint density at radius 2 is 1.77 bits per heavy atom. The standard InChI is InChI=1S/C18H22F3N5O3S/c1-13-24-16(12-17(25-13)26-8-10-29-11-9-26)22-6-7-23-30(27,28)15-4-2-14(3-5-15)18(19,20)21/h2-5,12,23H,6-11H2,1H3,(H,22,24,25). The lowest BCUT2D eigenvalue weighted by Gasteiger charge is -2.28. The van der Waals surface area contributed by atoms with E-state index in [2.05, 4.69) is 24.9 Å². The van der Waals surface area contributed by atoms with E-state index in [9.17, 15) is 21.6 Å². The van der Waals surface area contributed by atoms with Gasteiger partial charge >= 0.3 is 6.18 Å². The molecule has 0 aliphatic carbocycles. The highest BCUT2D eigenvalue weighted by Gasteiger charge is 2.30. The highest BCUT2D eigenvalue weighted by Crippen LogP contribution is 2.29. The summed E-state index contributed by atoms with van der Waals surface area (Å²) in [5.41, 5.74) is -0.904. The quantitative estimate of drug-likeness (QED) is 0.630. The monoisotopic (exact) mass is 445 g/mol. The molecule has 12 heteroatoms. The molecule has 0 unspecified atom stereocenters. The third-order valence-electron chi connectivity index (χ3n) is 4.37. The second-order valence-corrected chi connectivity index (χ2v) is 8.37. The maximum absolute atomic E-state index is 12.6. The number of morpholine rings is 1. The number of hydrogen-bond acceptors (Lipinski definition) is 7. The van der Waals surface area contributed by atoms with Crippen LogP contribution in [0.2, 0.25) is 0 Å². The average Bonchev–Trinajstić information content (AvgIpc) is 2.71. The van der Waals surface area contributed by atoms with Crippen molar-refractivity contribution in [3.05, 3.63) is 41.7 Å². The molecule has 30 heavy (non-hydrogen) atoms. The molecule has 3 rings (SSSR count). The van der Waals surface area contributed by atoms with E-state index in [1.165, 1.54) is 0 Å². The molecule has 0 amide bonds. The molecule has 1 saturated heterocycles. The van der Waals surface area contributed by atoms with Crippen LogP contribution in [0.1, 0.15) is 11.4 Å². The first kappa shape index (κ1) is 22.2. The fourth-order valence-electron chi connectivity index (χ4n) is 2.88. The Morgan fingerprint density at radius 3 is 2.40 bits per heavy atom. The second-order valence-electron chi connectivity index (χ2n) is 6.60. The lowest BCUT2D eigenvalue weighted by molar-refractivity contribution is -0.137. The fraction of sp³-hybridized carbons (Fsp3) is 0.444. The molecule has 1 aliphatic heterocycles. The molecule has 2 heterocycles. The second kappa shape index (κ2) is 9.14. The Kier molecular flexibility index (Phi) is 6.78. The molecule has 2 aromatic rings. The molecular weight excluding hydrogens is 423 g/mol. The summed E-state index contributed by atoms with van der Waals surface area (Å²) in [7, 11) is -3.92. The van der Waals surface area contributed by atoms with E-state index in [0.29, 0.717) is 24.9 Å². The zero-order valence-corrected chi connectivity index (χ0v) is 17.1. The largest absolute Gasteiger partial charge is 0.416 e. The third-order valence-corrected chi connectivity index (χ3v) is 5.85. The number of benzene rings is 1. The van der Waals surface area contributed by atoms with Crippen molar-refractivity contribution in [3.63, 3.8) is 0 Å². The van der Waals surface area contributed by atoms with E-state index in [-0.39, 0.29) is 18.0 Å². The summed E-state index contributed by atoms with van der Waals surface area (Å²) in [6.07, 6.45) is -4.52.